The molecular formula is C30H33ClN2O3. The third-order valence-electron chi connectivity index (χ3n) is 6.82. The fourth-order valence-electron chi connectivity index (χ4n) is 4.74. The standard InChI is InChI=1S/C30H33ClN2O3/c1-23-9-11-25(12-10-23)29(35)33-18-6-17-30(21-33,22-36-27-15-13-26(31)14-16-27)19-28(34)32(2)20-24-7-4-3-5-8-24/h3-5,7-16H,6,17-22H2,1-2H3/t30-/m0/s1. The highest BCUT2D eigenvalue weighted by Gasteiger charge is 2.40. The van der Waals surface area contributed by atoms with Crippen molar-refractivity contribution in [2.45, 2.75) is 32.7 Å². The molecule has 0 radical (unpaired) electrons. The summed E-state index contributed by atoms with van der Waals surface area (Å²) in [5, 5.41) is 0.641. The number of rotatable bonds is 8. The van der Waals surface area contributed by atoms with Gasteiger partial charge >= 0.3 is 0 Å². The van der Waals surface area contributed by atoms with E-state index in [1.807, 2.05) is 85.6 Å². The molecule has 0 bridgehead atoms. The Morgan fingerprint density at radius 3 is 2.39 bits per heavy atom. The lowest BCUT2D eigenvalue weighted by molar-refractivity contribution is -0.134. The molecule has 3 aromatic carbocycles. The monoisotopic (exact) mass is 504 g/mol. The van der Waals surface area contributed by atoms with Gasteiger partial charge in [-0.05, 0) is 61.7 Å². The summed E-state index contributed by atoms with van der Waals surface area (Å²) in [6.07, 6.45) is 1.93. The van der Waals surface area contributed by atoms with Crippen molar-refractivity contribution < 1.29 is 14.3 Å². The van der Waals surface area contributed by atoms with E-state index in [0.717, 1.165) is 24.0 Å². The van der Waals surface area contributed by atoms with Crippen LogP contribution in [0.3, 0.4) is 0 Å². The van der Waals surface area contributed by atoms with E-state index < -0.39 is 5.41 Å². The molecule has 1 atom stereocenters. The first-order chi connectivity index (χ1) is 17.3. The molecular weight excluding hydrogens is 472 g/mol. The second kappa shape index (κ2) is 11.6. The molecule has 0 aliphatic carbocycles. The van der Waals surface area contributed by atoms with Gasteiger partial charge in [-0.1, -0.05) is 59.6 Å². The van der Waals surface area contributed by atoms with Crippen molar-refractivity contribution in [1.29, 1.82) is 0 Å². The molecule has 6 heteroatoms. The van der Waals surface area contributed by atoms with Gasteiger partial charge in [-0.15, -0.1) is 0 Å². The topological polar surface area (TPSA) is 49.9 Å². The molecule has 1 fully saturated rings. The number of aryl methyl sites for hydroxylation is 1. The number of ether oxygens (including phenoxy) is 1. The Kier molecular flexibility index (Phi) is 8.32. The number of benzene rings is 3. The van der Waals surface area contributed by atoms with E-state index in [4.69, 9.17) is 16.3 Å². The lowest BCUT2D eigenvalue weighted by atomic mass is 9.77. The number of carbonyl (C=O) groups is 2. The van der Waals surface area contributed by atoms with Crippen LogP contribution >= 0.6 is 11.6 Å². The molecule has 1 saturated heterocycles. The van der Waals surface area contributed by atoms with Gasteiger partial charge in [-0.2, -0.15) is 0 Å². The highest BCUT2D eigenvalue weighted by Crippen LogP contribution is 2.36. The average molecular weight is 505 g/mol. The van der Waals surface area contributed by atoms with Crippen molar-refractivity contribution in [2.75, 3.05) is 26.7 Å². The Balaban J connectivity index is 1.52. The summed E-state index contributed by atoms with van der Waals surface area (Å²) in [6, 6.07) is 24.9. The molecule has 1 aliphatic rings. The van der Waals surface area contributed by atoms with E-state index in [-0.39, 0.29) is 11.8 Å². The van der Waals surface area contributed by atoms with Crippen molar-refractivity contribution in [3.63, 3.8) is 0 Å². The minimum Gasteiger partial charge on any atom is -0.493 e. The number of hydrogen-bond acceptors (Lipinski definition) is 3. The highest BCUT2D eigenvalue weighted by molar-refractivity contribution is 6.30. The number of likely N-dealkylation sites (tertiary alicyclic amines) is 1. The van der Waals surface area contributed by atoms with E-state index in [0.29, 0.717) is 49.0 Å². The molecule has 0 saturated carbocycles. The summed E-state index contributed by atoms with van der Waals surface area (Å²) in [5.74, 6) is 0.740. The van der Waals surface area contributed by atoms with E-state index in [9.17, 15) is 9.59 Å². The van der Waals surface area contributed by atoms with E-state index >= 15 is 0 Å². The van der Waals surface area contributed by atoms with Crippen LogP contribution in [0.4, 0.5) is 0 Å². The lowest BCUT2D eigenvalue weighted by Crippen LogP contribution is -2.50. The zero-order chi connectivity index (χ0) is 25.5. The van der Waals surface area contributed by atoms with Crippen LogP contribution in [0.15, 0.2) is 78.9 Å². The number of piperidine rings is 1. The third-order valence-corrected chi connectivity index (χ3v) is 7.07. The van der Waals surface area contributed by atoms with Gasteiger partial charge in [-0.25, -0.2) is 0 Å². The number of nitrogens with zero attached hydrogens (tertiary/aromatic N) is 2. The Morgan fingerprint density at radius 2 is 1.69 bits per heavy atom. The summed E-state index contributed by atoms with van der Waals surface area (Å²) in [6.45, 7) is 4.03. The van der Waals surface area contributed by atoms with Crippen molar-refractivity contribution in [1.82, 2.24) is 9.80 Å². The highest BCUT2D eigenvalue weighted by atomic mass is 35.5. The van der Waals surface area contributed by atoms with Crippen molar-refractivity contribution in [3.8, 4) is 5.75 Å². The second-order valence-electron chi connectivity index (χ2n) is 9.85. The Morgan fingerprint density at radius 1 is 1.00 bits per heavy atom. The Hall–Kier alpha value is -3.31. The van der Waals surface area contributed by atoms with Gasteiger partial charge in [0.25, 0.3) is 5.91 Å². The SMILES string of the molecule is Cc1ccc(C(=O)N2CCC[C@](COc3ccc(Cl)cc3)(CC(=O)N(C)Cc3ccccc3)C2)cc1. The van der Waals surface area contributed by atoms with Gasteiger partial charge in [0, 0.05) is 49.1 Å². The van der Waals surface area contributed by atoms with Crippen LogP contribution < -0.4 is 4.74 Å². The molecule has 3 aromatic rings. The summed E-state index contributed by atoms with van der Waals surface area (Å²) < 4.78 is 6.18. The molecule has 4 rings (SSSR count). The lowest BCUT2D eigenvalue weighted by Gasteiger charge is -2.43. The molecule has 1 aliphatic heterocycles. The van der Waals surface area contributed by atoms with Crippen LogP contribution in [0, 0.1) is 12.3 Å². The van der Waals surface area contributed by atoms with Gasteiger partial charge in [0.2, 0.25) is 5.91 Å². The molecule has 188 valence electrons. The largest absolute Gasteiger partial charge is 0.493 e. The van der Waals surface area contributed by atoms with E-state index in [2.05, 4.69) is 0 Å². The molecule has 0 aromatic heterocycles. The summed E-state index contributed by atoms with van der Waals surface area (Å²) in [5.41, 5.74) is 2.38. The number of carbonyl (C=O) groups excluding carboxylic acids is 2. The maximum atomic E-state index is 13.4. The molecule has 0 N–H and O–H groups in total. The van der Waals surface area contributed by atoms with Crippen LogP contribution in [-0.4, -0.2) is 48.4 Å². The van der Waals surface area contributed by atoms with Crippen molar-refractivity contribution >= 4 is 23.4 Å². The van der Waals surface area contributed by atoms with Gasteiger partial charge in [0.05, 0.1) is 6.61 Å². The average Bonchev–Trinajstić information content (AvgIpc) is 2.89. The predicted molar refractivity (Wildman–Crippen MR) is 143 cm³/mol. The molecule has 1 heterocycles. The smallest absolute Gasteiger partial charge is 0.253 e. The number of halogens is 1. The minimum absolute atomic E-state index is 0.00402. The molecule has 36 heavy (non-hydrogen) atoms. The molecule has 0 unspecified atom stereocenters. The van der Waals surface area contributed by atoms with Crippen LogP contribution in [-0.2, 0) is 11.3 Å². The Labute approximate surface area is 218 Å². The normalized spacial score (nSPS) is 17.5. The fraction of sp³-hybridized carbons (Fsp3) is 0.333. The summed E-state index contributed by atoms with van der Waals surface area (Å²) in [7, 11) is 1.83. The first-order valence-corrected chi connectivity index (χ1v) is 12.7. The zero-order valence-corrected chi connectivity index (χ0v) is 21.7. The third kappa shape index (κ3) is 6.67. The molecule has 5 nitrogen and oxygen atoms in total. The quantitative estimate of drug-likeness (QED) is 0.378. The first kappa shape index (κ1) is 25.8. The maximum Gasteiger partial charge on any atom is 0.253 e. The number of hydrogen-bond donors (Lipinski definition) is 0. The minimum atomic E-state index is -0.486. The van der Waals surface area contributed by atoms with Gasteiger partial charge in [0.15, 0.2) is 0 Å². The van der Waals surface area contributed by atoms with Crippen LogP contribution in [0.1, 0.15) is 40.7 Å². The van der Waals surface area contributed by atoms with Crippen molar-refractivity contribution in [3.05, 3.63) is 101 Å². The predicted octanol–water partition coefficient (Wildman–Crippen LogP) is 6.00. The molecule has 0 spiro atoms. The number of amides is 2. The Bertz CT molecular complexity index is 1170. The van der Waals surface area contributed by atoms with Gasteiger partial charge < -0.3 is 14.5 Å². The van der Waals surface area contributed by atoms with Gasteiger partial charge in [-0.3, -0.25) is 9.59 Å². The maximum absolute atomic E-state index is 13.4. The zero-order valence-electron chi connectivity index (χ0n) is 21.0. The van der Waals surface area contributed by atoms with Crippen molar-refractivity contribution in [2.24, 2.45) is 5.41 Å². The van der Waals surface area contributed by atoms with Crippen LogP contribution in [0.2, 0.25) is 5.02 Å². The summed E-state index contributed by atoms with van der Waals surface area (Å²) in [4.78, 5) is 30.4. The fourth-order valence-corrected chi connectivity index (χ4v) is 4.87. The molecule has 2 amide bonds. The second-order valence-corrected chi connectivity index (χ2v) is 10.3. The first-order valence-electron chi connectivity index (χ1n) is 12.4. The van der Waals surface area contributed by atoms with Gasteiger partial charge in [0.1, 0.15) is 5.75 Å². The van der Waals surface area contributed by atoms with Crippen LogP contribution in [0.25, 0.3) is 0 Å². The summed E-state index contributed by atoms with van der Waals surface area (Å²) >= 11 is 6.03. The van der Waals surface area contributed by atoms with E-state index in [1.165, 1.54) is 0 Å². The van der Waals surface area contributed by atoms with Crippen LogP contribution in [0.5, 0.6) is 5.75 Å². The van der Waals surface area contributed by atoms with E-state index in [1.54, 1.807) is 17.0 Å².